The maximum absolute atomic E-state index is 12.4. The molecule has 4 nitrogen and oxygen atoms in total. The number of aryl methyl sites for hydroxylation is 1. The van der Waals surface area contributed by atoms with Crippen molar-refractivity contribution in [3.05, 3.63) is 60.2 Å². The van der Waals surface area contributed by atoms with Crippen LogP contribution < -0.4 is 10.2 Å². The van der Waals surface area contributed by atoms with E-state index in [4.69, 9.17) is 0 Å². The number of carbonyl (C=O) groups is 1. The first-order valence-electron chi connectivity index (χ1n) is 7.98. The number of para-hydroxylation sites is 2. The summed E-state index contributed by atoms with van der Waals surface area (Å²) in [6.07, 6.45) is 2.08. The number of hydrogen-bond donors (Lipinski definition) is 2. The number of hydrogen-bond acceptors (Lipinski definition) is 3. The Bertz CT molecular complexity index is 683. The van der Waals surface area contributed by atoms with Crippen LogP contribution in [-0.2, 0) is 11.2 Å². The molecule has 0 spiro atoms. The molecule has 1 amide bonds. The summed E-state index contributed by atoms with van der Waals surface area (Å²) >= 11 is 0. The van der Waals surface area contributed by atoms with Gasteiger partial charge < -0.3 is 15.3 Å². The average molecular weight is 310 g/mol. The van der Waals surface area contributed by atoms with Gasteiger partial charge in [-0.2, -0.15) is 0 Å². The van der Waals surface area contributed by atoms with Crippen molar-refractivity contribution in [1.82, 2.24) is 0 Å². The van der Waals surface area contributed by atoms with Gasteiger partial charge in [0.05, 0.1) is 6.54 Å². The summed E-state index contributed by atoms with van der Waals surface area (Å²) < 4.78 is 0. The Morgan fingerprint density at radius 3 is 2.65 bits per heavy atom. The summed E-state index contributed by atoms with van der Waals surface area (Å²) in [5.41, 5.74) is 1.63. The normalized spacial score (nSPS) is 16.3. The van der Waals surface area contributed by atoms with Gasteiger partial charge in [-0.15, -0.1) is 0 Å². The molecule has 0 radical (unpaired) electrons. The summed E-state index contributed by atoms with van der Waals surface area (Å²) in [5, 5.41) is 13.4. The standard InChI is InChI=1S/C19H22N2O2/c1-19(23,18(22)20-16-10-3-2-4-11-16)14-21-13-7-9-15-8-5-6-12-17(15)21/h2-6,8,10-12,23H,7,9,13-14H2,1H3,(H,20,22)/t19-/m0/s1. The lowest BCUT2D eigenvalue weighted by molar-refractivity contribution is -0.131. The van der Waals surface area contributed by atoms with Crippen LogP contribution in [0.4, 0.5) is 11.4 Å². The van der Waals surface area contributed by atoms with Gasteiger partial charge in [0.25, 0.3) is 5.91 Å². The highest BCUT2D eigenvalue weighted by atomic mass is 16.3. The van der Waals surface area contributed by atoms with Crippen LogP contribution in [0, 0.1) is 0 Å². The smallest absolute Gasteiger partial charge is 0.257 e. The lowest BCUT2D eigenvalue weighted by atomic mass is 9.98. The van der Waals surface area contributed by atoms with Crippen LogP contribution in [0.2, 0.25) is 0 Å². The van der Waals surface area contributed by atoms with Crippen LogP contribution >= 0.6 is 0 Å². The predicted molar refractivity (Wildman–Crippen MR) is 92.7 cm³/mol. The molecule has 120 valence electrons. The van der Waals surface area contributed by atoms with Crippen LogP contribution in [0.15, 0.2) is 54.6 Å². The van der Waals surface area contributed by atoms with Gasteiger partial charge in [-0.25, -0.2) is 0 Å². The van der Waals surface area contributed by atoms with Gasteiger partial charge in [0.15, 0.2) is 5.60 Å². The van der Waals surface area contributed by atoms with E-state index < -0.39 is 5.60 Å². The lowest BCUT2D eigenvalue weighted by Crippen LogP contribution is -2.50. The molecule has 1 aliphatic heterocycles. The molecular formula is C19H22N2O2. The lowest BCUT2D eigenvalue weighted by Gasteiger charge is -2.36. The minimum absolute atomic E-state index is 0.280. The molecule has 0 unspecified atom stereocenters. The van der Waals surface area contributed by atoms with Gasteiger partial charge in [-0.3, -0.25) is 4.79 Å². The summed E-state index contributed by atoms with van der Waals surface area (Å²) in [4.78, 5) is 14.5. The molecule has 0 bridgehead atoms. The van der Waals surface area contributed by atoms with Crippen LogP contribution in [0.25, 0.3) is 0 Å². The fourth-order valence-corrected chi connectivity index (χ4v) is 3.01. The van der Waals surface area contributed by atoms with E-state index in [0.717, 1.165) is 25.1 Å². The van der Waals surface area contributed by atoms with Crippen molar-refractivity contribution in [2.75, 3.05) is 23.3 Å². The van der Waals surface area contributed by atoms with E-state index in [0.29, 0.717) is 5.69 Å². The minimum Gasteiger partial charge on any atom is -0.378 e. The molecule has 0 aliphatic carbocycles. The summed E-state index contributed by atoms with van der Waals surface area (Å²) in [5.74, 6) is -0.383. The molecule has 0 aromatic heterocycles. The zero-order chi connectivity index (χ0) is 16.3. The molecule has 23 heavy (non-hydrogen) atoms. The number of fused-ring (bicyclic) bond motifs is 1. The number of β-amino-alcohol motifs (C(OH)–C–C–N with tert-alkyl or cyclic N) is 1. The Kier molecular flexibility index (Phi) is 4.35. The molecule has 0 saturated heterocycles. The Morgan fingerprint density at radius 2 is 1.87 bits per heavy atom. The average Bonchev–Trinajstić information content (AvgIpc) is 2.56. The maximum atomic E-state index is 12.4. The number of amides is 1. The van der Waals surface area contributed by atoms with E-state index >= 15 is 0 Å². The highest BCUT2D eigenvalue weighted by Gasteiger charge is 2.34. The van der Waals surface area contributed by atoms with Crippen molar-refractivity contribution in [2.45, 2.75) is 25.4 Å². The van der Waals surface area contributed by atoms with E-state index in [1.807, 2.05) is 42.5 Å². The zero-order valence-electron chi connectivity index (χ0n) is 13.3. The van der Waals surface area contributed by atoms with Gasteiger partial charge in [-0.1, -0.05) is 36.4 Å². The third kappa shape index (κ3) is 3.54. The number of carbonyl (C=O) groups excluding carboxylic acids is 1. The third-order valence-corrected chi connectivity index (χ3v) is 4.23. The number of rotatable bonds is 4. The zero-order valence-corrected chi connectivity index (χ0v) is 13.3. The van der Waals surface area contributed by atoms with E-state index in [2.05, 4.69) is 22.3 Å². The molecule has 4 heteroatoms. The Hall–Kier alpha value is -2.33. The molecule has 0 saturated carbocycles. The second-order valence-electron chi connectivity index (χ2n) is 6.25. The fourth-order valence-electron chi connectivity index (χ4n) is 3.01. The minimum atomic E-state index is -1.46. The van der Waals surface area contributed by atoms with Crippen LogP contribution in [0.3, 0.4) is 0 Å². The van der Waals surface area contributed by atoms with E-state index in [9.17, 15) is 9.90 Å². The van der Waals surface area contributed by atoms with E-state index in [-0.39, 0.29) is 12.5 Å². The largest absolute Gasteiger partial charge is 0.378 e. The highest BCUT2D eigenvalue weighted by Crippen LogP contribution is 2.28. The molecule has 0 fully saturated rings. The van der Waals surface area contributed by atoms with Crippen molar-refractivity contribution in [2.24, 2.45) is 0 Å². The van der Waals surface area contributed by atoms with Gasteiger partial charge in [-0.05, 0) is 43.5 Å². The number of nitrogens with zero attached hydrogens (tertiary/aromatic N) is 1. The summed E-state index contributed by atoms with van der Waals surface area (Å²) in [7, 11) is 0. The first-order valence-corrected chi connectivity index (χ1v) is 7.98. The molecule has 3 rings (SSSR count). The third-order valence-electron chi connectivity index (χ3n) is 4.23. The van der Waals surface area contributed by atoms with Gasteiger partial charge in [0.2, 0.25) is 0 Å². The first-order chi connectivity index (χ1) is 11.1. The summed E-state index contributed by atoms with van der Waals surface area (Å²) in [6.45, 7) is 2.71. The van der Waals surface area contributed by atoms with Gasteiger partial charge in [0, 0.05) is 17.9 Å². The molecule has 2 aromatic rings. The second-order valence-corrected chi connectivity index (χ2v) is 6.25. The maximum Gasteiger partial charge on any atom is 0.257 e. The molecule has 1 aliphatic rings. The van der Waals surface area contributed by atoms with Crippen molar-refractivity contribution >= 4 is 17.3 Å². The van der Waals surface area contributed by atoms with Crippen LogP contribution in [0.5, 0.6) is 0 Å². The quantitative estimate of drug-likeness (QED) is 0.913. The predicted octanol–water partition coefficient (Wildman–Crippen LogP) is 2.83. The highest BCUT2D eigenvalue weighted by molar-refractivity contribution is 5.97. The topological polar surface area (TPSA) is 52.6 Å². The monoisotopic (exact) mass is 310 g/mol. The van der Waals surface area contributed by atoms with Crippen molar-refractivity contribution < 1.29 is 9.90 Å². The number of anilines is 2. The first kappa shape index (κ1) is 15.6. The molecule has 1 heterocycles. The molecule has 2 N–H and O–H groups in total. The van der Waals surface area contributed by atoms with Gasteiger partial charge in [0.1, 0.15) is 0 Å². The fraction of sp³-hybridized carbons (Fsp3) is 0.316. The van der Waals surface area contributed by atoms with Crippen molar-refractivity contribution in [3.8, 4) is 0 Å². The molecule has 2 aromatic carbocycles. The molecular weight excluding hydrogens is 288 g/mol. The van der Waals surface area contributed by atoms with Gasteiger partial charge >= 0.3 is 0 Å². The van der Waals surface area contributed by atoms with Crippen LogP contribution in [-0.4, -0.2) is 29.7 Å². The SMILES string of the molecule is C[C@](O)(CN1CCCc2ccccc21)C(=O)Nc1ccccc1. The van der Waals surface area contributed by atoms with Crippen LogP contribution in [0.1, 0.15) is 18.9 Å². The number of benzene rings is 2. The van der Waals surface area contributed by atoms with Crippen molar-refractivity contribution in [3.63, 3.8) is 0 Å². The Morgan fingerprint density at radius 1 is 1.17 bits per heavy atom. The van der Waals surface area contributed by atoms with E-state index in [1.54, 1.807) is 6.92 Å². The molecule has 1 atom stereocenters. The Balaban J connectivity index is 1.72. The number of nitrogens with one attached hydrogen (secondary N) is 1. The Labute approximate surface area is 136 Å². The van der Waals surface area contributed by atoms with E-state index in [1.165, 1.54) is 5.56 Å². The summed E-state index contributed by atoms with van der Waals surface area (Å²) in [6, 6.07) is 17.4. The number of aliphatic hydroxyl groups is 1. The second kappa shape index (κ2) is 6.42. The van der Waals surface area contributed by atoms with Crippen molar-refractivity contribution in [1.29, 1.82) is 0 Å².